The van der Waals surface area contributed by atoms with E-state index in [0.29, 0.717) is 6.10 Å². The summed E-state index contributed by atoms with van der Waals surface area (Å²) < 4.78 is 5.80. The van der Waals surface area contributed by atoms with Gasteiger partial charge in [0.15, 0.2) is 0 Å². The second kappa shape index (κ2) is 4.97. The van der Waals surface area contributed by atoms with Crippen molar-refractivity contribution in [2.45, 2.75) is 66.6 Å². The molecule has 0 unspecified atom stereocenters. The molecule has 0 N–H and O–H groups in total. The molecule has 0 heterocycles. The van der Waals surface area contributed by atoms with E-state index >= 15 is 0 Å². The number of hydrogen-bond acceptors (Lipinski definition) is 1. The van der Waals surface area contributed by atoms with Crippen LogP contribution >= 0.6 is 0 Å². The van der Waals surface area contributed by atoms with Crippen molar-refractivity contribution in [1.82, 2.24) is 0 Å². The molecule has 0 aromatic rings. The highest BCUT2D eigenvalue weighted by molar-refractivity contribution is 4.93. The number of rotatable bonds is 3. The van der Waals surface area contributed by atoms with Gasteiger partial charge in [-0.3, -0.25) is 0 Å². The second-order valence-corrected chi connectivity index (χ2v) is 6.04. The molecule has 0 radical (unpaired) electrons. The summed E-state index contributed by atoms with van der Waals surface area (Å²) in [5, 5.41) is 0. The van der Waals surface area contributed by atoms with Crippen molar-refractivity contribution in [3.63, 3.8) is 0 Å². The molecule has 0 rings (SSSR count). The molecule has 0 saturated carbocycles. The van der Waals surface area contributed by atoms with E-state index in [-0.39, 0.29) is 11.0 Å². The monoisotopic (exact) mass is 198 g/mol. The predicted molar refractivity (Wildman–Crippen MR) is 63.5 cm³/mol. The lowest BCUT2D eigenvalue weighted by molar-refractivity contribution is -0.0494. The van der Waals surface area contributed by atoms with Crippen molar-refractivity contribution < 1.29 is 4.74 Å². The SMILES string of the molecule is C[C@@H](CC=CC(C)(C)C)OC(C)(C)C. The Morgan fingerprint density at radius 3 is 1.93 bits per heavy atom. The minimum Gasteiger partial charge on any atom is -0.373 e. The van der Waals surface area contributed by atoms with Crippen LogP contribution in [-0.2, 0) is 4.74 Å². The highest BCUT2D eigenvalue weighted by Crippen LogP contribution is 2.17. The first-order valence-corrected chi connectivity index (χ1v) is 5.46. The van der Waals surface area contributed by atoms with Crippen molar-refractivity contribution in [3.8, 4) is 0 Å². The van der Waals surface area contributed by atoms with Gasteiger partial charge in [-0.1, -0.05) is 32.9 Å². The molecule has 1 heteroatoms. The van der Waals surface area contributed by atoms with Crippen LogP contribution in [0.4, 0.5) is 0 Å². The molecule has 0 aromatic heterocycles. The fourth-order valence-corrected chi connectivity index (χ4v) is 1.26. The van der Waals surface area contributed by atoms with Gasteiger partial charge in [-0.25, -0.2) is 0 Å². The molecule has 0 aliphatic rings. The molecule has 0 fully saturated rings. The molecule has 0 spiro atoms. The lowest BCUT2D eigenvalue weighted by Gasteiger charge is -2.24. The zero-order chi connectivity index (χ0) is 11.4. The molecule has 0 aliphatic carbocycles. The van der Waals surface area contributed by atoms with E-state index in [1.165, 1.54) is 0 Å². The maximum atomic E-state index is 5.80. The molecular formula is C13H26O. The summed E-state index contributed by atoms with van der Waals surface area (Å²) in [7, 11) is 0. The molecule has 0 aliphatic heterocycles. The van der Waals surface area contributed by atoms with Crippen molar-refractivity contribution >= 4 is 0 Å². The summed E-state index contributed by atoms with van der Waals surface area (Å²) >= 11 is 0. The Labute approximate surface area is 89.5 Å². The first kappa shape index (κ1) is 13.7. The van der Waals surface area contributed by atoms with Gasteiger partial charge in [-0.05, 0) is 39.5 Å². The molecule has 84 valence electrons. The molecule has 0 aromatic carbocycles. The Balaban J connectivity index is 3.86. The van der Waals surface area contributed by atoms with Crippen LogP contribution in [0.3, 0.4) is 0 Å². The van der Waals surface area contributed by atoms with Gasteiger partial charge in [0.25, 0.3) is 0 Å². The maximum absolute atomic E-state index is 5.80. The van der Waals surface area contributed by atoms with Crippen LogP contribution in [0.2, 0.25) is 0 Å². The number of hydrogen-bond donors (Lipinski definition) is 0. The van der Waals surface area contributed by atoms with Gasteiger partial charge < -0.3 is 4.74 Å². The number of ether oxygens (including phenoxy) is 1. The standard InChI is InChI=1S/C13H26O/c1-11(14-13(5,6)7)9-8-10-12(2,3)4/h8,10-11H,9H2,1-7H3/t11-/m0/s1. The molecule has 0 amide bonds. The van der Waals surface area contributed by atoms with Crippen LogP contribution in [0.1, 0.15) is 54.9 Å². The first-order chi connectivity index (χ1) is 6.10. The highest BCUT2D eigenvalue weighted by Gasteiger charge is 2.14. The molecule has 14 heavy (non-hydrogen) atoms. The normalized spacial score (nSPS) is 16.2. The summed E-state index contributed by atoms with van der Waals surface area (Å²) in [5.41, 5.74) is 0.246. The Bertz CT molecular complexity index is 178. The van der Waals surface area contributed by atoms with Crippen molar-refractivity contribution in [1.29, 1.82) is 0 Å². The van der Waals surface area contributed by atoms with Gasteiger partial charge in [-0.15, -0.1) is 0 Å². The summed E-state index contributed by atoms with van der Waals surface area (Å²) in [6, 6.07) is 0. The zero-order valence-electron chi connectivity index (χ0n) is 10.8. The molecular weight excluding hydrogens is 172 g/mol. The molecule has 1 nitrogen and oxygen atoms in total. The molecule has 0 saturated heterocycles. The lowest BCUT2D eigenvalue weighted by atomic mass is 9.96. The predicted octanol–water partition coefficient (Wildman–Crippen LogP) is 4.18. The Kier molecular flexibility index (Phi) is 4.87. The maximum Gasteiger partial charge on any atom is 0.0602 e. The van der Waals surface area contributed by atoms with Crippen molar-refractivity contribution in [2.24, 2.45) is 5.41 Å². The largest absolute Gasteiger partial charge is 0.373 e. The Hall–Kier alpha value is -0.300. The van der Waals surface area contributed by atoms with Gasteiger partial charge in [-0.2, -0.15) is 0 Å². The van der Waals surface area contributed by atoms with E-state index in [1.54, 1.807) is 0 Å². The van der Waals surface area contributed by atoms with E-state index < -0.39 is 0 Å². The van der Waals surface area contributed by atoms with Gasteiger partial charge >= 0.3 is 0 Å². The average Bonchev–Trinajstić information content (AvgIpc) is 1.78. The summed E-state index contributed by atoms with van der Waals surface area (Å²) in [5.74, 6) is 0. The van der Waals surface area contributed by atoms with Crippen molar-refractivity contribution in [3.05, 3.63) is 12.2 Å². The van der Waals surface area contributed by atoms with Crippen LogP contribution < -0.4 is 0 Å². The van der Waals surface area contributed by atoms with Gasteiger partial charge in [0.1, 0.15) is 0 Å². The van der Waals surface area contributed by atoms with Crippen molar-refractivity contribution in [2.75, 3.05) is 0 Å². The first-order valence-electron chi connectivity index (χ1n) is 5.46. The zero-order valence-corrected chi connectivity index (χ0v) is 10.8. The van der Waals surface area contributed by atoms with Gasteiger partial charge in [0.05, 0.1) is 11.7 Å². The van der Waals surface area contributed by atoms with E-state index in [2.05, 4.69) is 60.6 Å². The third kappa shape index (κ3) is 9.79. The summed E-state index contributed by atoms with van der Waals surface area (Å²) in [6.07, 6.45) is 5.76. The second-order valence-electron chi connectivity index (χ2n) is 6.04. The number of allylic oxidation sites excluding steroid dienone is 1. The fourth-order valence-electron chi connectivity index (χ4n) is 1.26. The lowest BCUT2D eigenvalue weighted by Crippen LogP contribution is -2.25. The Morgan fingerprint density at radius 2 is 1.57 bits per heavy atom. The molecule has 1 atom stereocenters. The van der Waals surface area contributed by atoms with E-state index in [4.69, 9.17) is 4.74 Å². The minimum absolute atomic E-state index is 0.0327. The van der Waals surface area contributed by atoms with Crippen LogP contribution in [0.5, 0.6) is 0 Å². The van der Waals surface area contributed by atoms with Gasteiger partial charge in [0.2, 0.25) is 0 Å². The van der Waals surface area contributed by atoms with E-state index in [1.807, 2.05) is 0 Å². The van der Waals surface area contributed by atoms with Crippen LogP contribution in [0, 0.1) is 5.41 Å². The third-order valence-electron chi connectivity index (χ3n) is 1.64. The molecule has 0 bridgehead atoms. The minimum atomic E-state index is -0.0327. The fraction of sp³-hybridized carbons (Fsp3) is 0.846. The highest BCUT2D eigenvalue weighted by atomic mass is 16.5. The Morgan fingerprint density at radius 1 is 1.07 bits per heavy atom. The smallest absolute Gasteiger partial charge is 0.0602 e. The van der Waals surface area contributed by atoms with E-state index in [9.17, 15) is 0 Å². The van der Waals surface area contributed by atoms with Crippen LogP contribution in [0.15, 0.2) is 12.2 Å². The summed E-state index contributed by atoms with van der Waals surface area (Å²) in [6.45, 7) is 15.0. The average molecular weight is 198 g/mol. The topological polar surface area (TPSA) is 9.23 Å². The quantitative estimate of drug-likeness (QED) is 0.618. The third-order valence-corrected chi connectivity index (χ3v) is 1.64. The van der Waals surface area contributed by atoms with Gasteiger partial charge in [0, 0.05) is 0 Å². The summed E-state index contributed by atoms with van der Waals surface area (Å²) in [4.78, 5) is 0. The van der Waals surface area contributed by atoms with E-state index in [0.717, 1.165) is 6.42 Å². The van der Waals surface area contributed by atoms with Crippen LogP contribution in [-0.4, -0.2) is 11.7 Å². The van der Waals surface area contributed by atoms with Crippen LogP contribution in [0.25, 0.3) is 0 Å².